The summed E-state index contributed by atoms with van der Waals surface area (Å²) in [6.45, 7) is 7.04. The molecule has 1 aliphatic rings. The molecule has 0 spiro atoms. The summed E-state index contributed by atoms with van der Waals surface area (Å²) in [4.78, 5) is 13.6. The quantitative estimate of drug-likeness (QED) is 0.597. The van der Waals surface area contributed by atoms with Crippen molar-refractivity contribution in [2.75, 3.05) is 33.4 Å². The maximum absolute atomic E-state index is 11.3. The van der Waals surface area contributed by atoms with E-state index in [2.05, 4.69) is 11.5 Å². The van der Waals surface area contributed by atoms with E-state index in [1.54, 1.807) is 7.11 Å². The largest absolute Gasteiger partial charge is 0.377 e. The van der Waals surface area contributed by atoms with E-state index in [0.717, 1.165) is 26.1 Å². The van der Waals surface area contributed by atoms with E-state index in [1.807, 2.05) is 6.08 Å². The first-order valence-corrected chi connectivity index (χ1v) is 5.10. The number of hydrogen-bond acceptors (Lipinski definition) is 3. The number of nitrogens with zero attached hydrogens (tertiary/aromatic N) is 1. The first-order valence-electron chi connectivity index (χ1n) is 5.10. The molecular weight excluding hydrogens is 178 g/mol. The number of likely N-dealkylation sites (tertiary alicyclic amines) is 1. The fraction of sp³-hybridized carbons (Fsp3) is 0.727. The highest BCUT2D eigenvalue weighted by molar-refractivity contribution is 5.79. The van der Waals surface area contributed by atoms with Gasteiger partial charge in [0.05, 0.1) is 0 Å². The summed E-state index contributed by atoms with van der Waals surface area (Å²) in [5.74, 6) is 0.746. The van der Waals surface area contributed by atoms with E-state index in [9.17, 15) is 4.79 Å². The normalized spacial score (nSPS) is 22.5. The number of carbonyl (C=O) groups is 1. The molecule has 1 heterocycles. The van der Waals surface area contributed by atoms with Crippen molar-refractivity contribution in [3.63, 3.8) is 0 Å². The van der Waals surface area contributed by atoms with E-state index < -0.39 is 0 Å². The number of carbonyl (C=O) groups excluding carboxylic acids is 1. The minimum absolute atomic E-state index is 0.220. The van der Waals surface area contributed by atoms with Crippen molar-refractivity contribution in [2.24, 2.45) is 5.92 Å². The molecular formula is C11H19NO2. The highest BCUT2D eigenvalue weighted by atomic mass is 16.5. The zero-order valence-electron chi connectivity index (χ0n) is 8.87. The SMILES string of the molecule is C=CCN1CCC(CC(=O)COC)C1. The third kappa shape index (κ3) is 3.60. The van der Waals surface area contributed by atoms with Crippen molar-refractivity contribution in [2.45, 2.75) is 12.8 Å². The van der Waals surface area contributed by atoms with E-state index >= 15 is 0 Å². The van der Waals surface area contributed by atoms with Gasteiger partial charge in [-0.15, -0.1) is 6.58 Å². The van der Waals surface area contributed by atoms with E-state index in [0.29, 0.717) is 12.3 Å². The lowest BCUT2D eigenvalue weighted by molar-refractivity contribution is -0.123. The fourth-order valence-corrected chi connectivity index (χ4v) is 1.97. The number of rotatable bonds is 6. The second-order valence-corrected chi connectivity index (χ2v) is 3.88. The molecule has 80 valence electrons. The van der Waals surface area contributed by atoms with Gasteiger partial charge in [0.2, 0.25) is 0 Å². The zero-order chi connectivity index (χ0) is 10.4. The molecule has 3 heteroatoms. The van der Waals surface area contributed by atoms with Gasteiger partial charge in [0.25, 0.3) is 0 Å². The lowest BCUT2D eigenvalue weighted by Gasteiger charge is -2.12. The van der Waals surface area contributed by atoms with Crippen LogP contribution in [0.1, 0.15) is 12.8 Å². The predicted molar refractivity (Wildman–Crippen MR) is 56.2 cm³/mol. The number of methoxy groups -OCH3 is 1. The molecule has 0 bridgehead atoms. The Morgan fingerprint density at radius 3 is 3.14 bits per heavy atom. The molecule has 0 amide bonds. The Bertz CT molecular complexity index is 203. The Kier molecular flexibility index (Phi) is 4.84. The Balaban J connectivity index is 2.21. The molecule has 0 radical (unpaired) electrons. The van der Waals surface area contributed by atoms with Gasteiger partial charge in [0, 0.05) is 26.6 Å². The fourth-order valence-electron chi connectivity index (χ4n) is 1.97. The lowest BCUT2D eigenvalue weighted by Crippen LogP contribution is -2.21. The molecule has 1 fully saturated rings. The van der Waals surface area contributed by atoms with Crippen molar-refractivity contribution < 1.29 is 9.53 Å². The Hall–Kier alpha value is -0.670. The van der Waals surface area contributed by atoms with E-state index in [-0.39, 0.29) is 12.4 Å². The molecule has 0 aromatic rings. The average molecular weight is 197 g/mol. The van der Waals surface area contributed by atoms with Crippen LogP contribution in [-0.2, 0) is 9.53 Å². The summed E-state index contributed by atoms with van der Waals surface area (Å²) in [7, 11) is 1.57. The summed E-state index contributed by atoms with van der Waals surface area (Å²) in [5, 5.41) is 0. The maximum atomic E-state index is 11.3. The average Bonchev–Trinajstić information content (AvgIpc) is 2.53. The Morgan fingerprint density at radius 2 is 2.50 bits per heavy atom. The summed E-state index contributed by atoms with van der Waals surface area (Å²) in [6, 6.07) is 0. The van der Waals surface area contributed by atoms with Gasteiger partial charge >= 0.3 is 0 Å². The van der Waals surface area contributed by atoms with Gasteiger partial charge in [-0.05, 0) is 18.9 Å². The highest BCUT2D eigenvalue weighted by Crippen LogP contribution is 2.19. The molecule has 1 aliphatic heterocycles. The monoisotopic (exact) mass is 197 g/mol. The van der Waals surface area contributed by atoms with E-state index in [1.165, 1.54) is 0 Å². The molecule has 3 nitrogen and oxygen atoms in total. The molecule has 1 atom stereocenters. The van der Waals surface area contributed by atoms with Crippen LogP contribution >= 0.6 is 0 Å². The van der Waals surface area contributed by atoms with Gasteiger partial charge in [0.15, 0.2) is 5.78 Å². The van der Waals surface area contributed by atoms with Crippen molar-refractivity contribution in [3.8, 4) is 0 Å². The van der Waals surface area contributed by atoms with E-state index in [4.69, 9.17) is 4.74 Å². The minimum atomic E-state index is 0.220. The molecule has 1 saturated heterocycles. The van der Waals surface area contributed by atoms with Crippen LogP contribution in [0.3, 0.4) is 0 Å². The van der Waals surface area contributed by atoms with Crippen molar-refractivity contribution in [3.05, 3.63) is 12.7 Å². The molecule has 1 unspecified atom stereocenters. The smallest absolute Gasteiger partial charge is 0.158 e. The molecule has 14 heavy (non-hydrogen) atoms. The van der Waals surface area contributed by atoms with Crippen LogP contribution in [-0.4, -0.2) is 44.0 Å². The zero-order valence-corrected chi connectivity index (χ0v) is 8.87. The van der Waals surface area contributed by atoms with Crippen LogP contribution in [0.4, 0.5) is 0 Å². The summed E-state index contributed by atoms with van der Waals surface area (Å²) >= 11 is 0. The van der Waals surface area contributed by atoms with Crippen LogP contribution in [0, 0.1) is 5.92 Å². The summed E-state index contributed by atoms with van der Waals surface area (Å²) in [5.41, 5.74) is 0. The van der Waals surface area contributed by atoms with Crippen LogP contribution in [0.25, 0.3) is 0 Å². The number of ketones is 1. The van der Waals surface area contributed by atoms with Gasteiger partial charge in [-0.2, -0.15) is 0 Å². The van der Waals surface area contributed by atoms with Gasteiger partial charge in [-0.3, -0.25) is 9.69 Å². The number of hydrogen-bond donors (Lipinski definition) is 0. The molecule has 0 saturated carbocycles. The molecule has 0 aromatic carbocycles. The Labute approximate surface area is 85.7 Å². The number of Topliss-reactive ketones (excluding diaryl/α,β-unsaturated/α-hetero) is 1. The topological polar surface area (TPSA) is 29.5 Å². The van der Waals surface area contributed by atoms with Crippen LogP contribution in [0.5, 0.6) is 0 Å². The van der Waals surface area contributed by atoms with Crippen molar-refractivity contribution >= 4 is 5.78 Å². The standard InChI is InChI=1S/C11H19NO2/c1-3-5-12-6-4-10(8-12)7-11(13)9-14-2/h3,10H,1,4-9H2,2H3. The second-order valence-electron chi connectivity index (χ2n) is 3.88. The molecule has 0 N–H and O–H groups in total. The highest BCUT2D eigenvalue weighted by Gasteiger charge is 2.23. The number of ether oxygens (including phenoxy) is 1. The van der Waals surface area contributed by atoms with Gasteiger partial charge < -0.3 is 4.74 Å². The van der Waals surface area contributed by atoms with Crippen LogP contribution in [0.15, 0.2) is 12.7 Å². The minimum Gasteiger partial charge on any atom is -0.377 e. The second kappa shape index (κ2) is 5.94. The molecule has 0 aliphatic carbocycles. The summed E-state index contributed by atoms with van der Waals surface area (Å²) < 4.78 is 4.81. The third-order valence-electron chi connectivity index (χ3n) is 2.58. The first kappa shape index (κ1) is 11.4. The lowest BCUT2D eigenvalue weighted by atomic mass is 10.0. The van der Waals surface area contributed by atoms with Crippen molar-refractivity contribution in [1.82, 2.24) is 4.90 Å². The van der Waals surface area contributed by atoms with Crippen LogP contribution < -0.4 is 0 Å². The Morgan fingerprint density at radius 1 is 1.71 bits per heavy atom. The first-order chi connectivity index (χ1) is 6.76. The van der Waals surface area contributed by atoms with Crippen LogP contribution in [0.2, 0.25) is 0 Å². The molecule has 0 aromatic heterocycles. The van der Waals surface area contributed by atoms with Crippen molar-refractivity contribution in [1.29, 1.82) is 0 Å². The van der Waals surface area contributed by atoms with Gasteiger partial charge in [-0.25, -0.2) is 0 Å². The predicted octanol–water partition coefficient (Wildman–Crippen LogP) is 1.10. The van der Waals surface area contributed by atoms with Gasteiger partial charge in [-0.1, -0.05) is 6.08 Å². The maximum Gasteiger partial charge on any atom is 0.158 e. The van der Waals surface area contributed by atoms with Gasteiger partial charge in [0.1, 0.15) is 6.61 Å². The summed E-state index contributed by atoms with van der Waals surface area (Å²) in [6.07, 6.45) is 3.71. The third-order valence-corrected chi connectivity index (χ3v) is 2.58. The molecule has 1 rings (SSSR count).